The van der Waals surface area contributed by atoms with Crippen LogP contribution >= 0.6 is 11.3 Å². The van der Waals surface area contributed by atoms with Crippen molar-refractivity contribution in [2.75, 3.05) is 0 Å². The molecule has 0 saturated heterocycles. The van der Waals surface area contributed by atoms with E-state index in [1.165, 1.54) is 0 Å². The predicted molar refractivity (Wildman–Crippen MR) is 49.2 cm³/mol. The van der Waals surface area contributed by atoms with Gasteiger partial charge in [0.15, 0.2) is 5.13 Å². The molecule has 2 heterocycles. The van der Waals surface area contributed by atoms with Gasteiger partial charge in [-0.2, -0.15) is 4.39 Å². The molecule has 0 atom stereocenters. The molecule has 4 heteroatoms. The van der Waals surface area contributed by atoms with Crippen molar-refractivity contribution in [2.24, 2.45) is 0 Å². The van der Waals surface area contributed by atoms with E-state index in [4.69, 9.17) is 4.42 Å². The molecule has 0 unspecified atom stereocenters. The minimum absolute atomic E-state index is 0.237. The number of thiophene rings is 1. The van der Waals surface area contributed by atoms with Gasteiger partial charge in [0, 0.05) is 4.88 Å². The van der Waals surface area contributed by atoms with Crippen LogP contribution in [-0.2, 0) is 0 Å². The van der Waals surface area contributed by atoms with Crippen molar-refractivity contribution in [3.8, 4) is 11.5 Å². The molecule has 68 valence electrons. The molecule has 0 aliphatic rings. The number of aromatic nitrogens is 1. The SMILES string of the molecule is Cc1cnc(-c2cc(C)sc2F)o1. The molecule has 2 nitrogen and oxygen atoms in total. The van der Waals surface area contributed by atoms with E-state index in [2.05, 4.69) is 4.98 Å². The van der Waals surface area contributed by atoms with Gasteiger partial charge in [-0.1, -0.05) is 0 Å². The van der Waals surface area contributed by atoms with Crippen molar-refractivity contribution < 1.29 is 8.81 Å². The van der Waals surface area contributed by atoms with Gasteiger partial charge in [0.25, 0.3) is 0 Å². The second-order valence-electron chi connectivity index (χ2n) is 2.82. The second kappa shape index (κ2) is 2.96. The summed E-state index contributed by atoms with van der Waals surface area (Å²) in [6.45, 7) is 3.64. The summed E-state index contributed by atoms with van der Waals surface area (Å²) in [6, 6.07) is 1.74. The zero-order valence-electron chi connectivity index (χ0n) is 7.30. The Bertz CT molecular complexity index is 433. The fraction of sp³-hybridized carbons (Fsp3) is 0.222. The summed E-state index contributed by atoms with van der Waals surface area (Å²) in [5, 5.41) is -0.237. The van der Waals surface area contributed by atoms with Crippen LogP contribution in [-0.4, -0.2) is 4.98 Å². The summed E-state index contributed by atoms with van der Waals surface area (Å²) in [5.74, 6) is 1.05. The number of hydrogen-bond acceptors (Lipinski definition) is 3. The van der Waals surface area contributed by atoms with Gasteiger partial charge in [0.05, 0.1) is 11.8 Å². The molecule has 2 aromatic rings. The summed E-state index contributed by atoms with van der Waals surface area (Å²) < 4.78 is 18.4. The van der Waals surface area contributed by atoms with Crippen LogP contribution in [0, 0.1) is 19.0 Å². The molecule has 0 aliphatic carbocycles. The Kier molecular flexibility index (Phi) is 1.92. The maximum atomic E-state index is 13.2. The third-order valence-corrected chi connectivity index (χ3v) is 2.50. The van der Waals surface area contributed by atoms with Crippen LogP contribution in [0.4, 0.5) is 4.39 Å². The molecule has 0 spiro atoms. The fourth-order valence-corrected chi connectivity index (χ4v) is 1.83. The van der Waals surface area contributed by atoms with E-state index in [-0.39, 0.29) is 5.13 Å². The van der Waals surface area contributed by atoms with Crippen molar-refractivity contribution in [3.05, 3.63) is 28.0 Å². The highest BCUT2D eigenvalue weighted by Gasteiger charge is 2.12. The van der Waals surface area contributed by atoms with E-state index in [0.29, 0.717) is 17.2 Å². The minimum Gasteiger partial charge on any atom is -0.441 e. The second-order valence-corrected chi connectivity index (χ2v) is 4.03. The molecule has 0 bridgehead atoms. The highest BCUT2D eigenvalue weighted by molar-refractivity contribution is 7.10. The van der Waals surface area contributed by atoms with E-state index >= 15 is 0 Å². The molecule has 2 aromatic heterocycles. The Balaban J connectivity index is 2.51. The summed E-state index contributed by atoms with van der Waals surface area (Å²) in [5.41, 5.74) is 0.454. The molecule has 0 fully saturated rings. The first-order valence-electron chi connectivity index (χ1n) is 3.85. The lowest BCUT2D eigenvalue weighted by Gasteiger charge is -1.88. The summed E-state index contributed by atoms with van der Waals surface area (Å²) in [4.78, 5) is 4.88. The molecular formula is C9H8FNOS. The van der Waals surface area contributed by atoms with Crippen molar-refractivity contribution in [1.82, 2.24) is 4.98 Å². The van der Waals surface area contributed by atoms with Crippen LogP contribution < -0.4 is 0 Å². The smallest absolute Gasteiger partial charge is 0.230 e. The van der Waals surface area contributed by atoms with Crippen molar-refractivity contribution >= 4 is 11.3 Å². The summed E-state index contributed by atoms with van der Waals surface area (Å²) in [7, 11) is 0. The Hall–Kier alpha value is -1.16. The van der Waals surface area contributed by atoms with E-state index in [9.17, 15) is 4.39 Å². The number of oxazole rings is 1. The van der Waals surface area contributed by atoms with Crippen LogP contribution in [0.1, 0.15) is 10.6 Å². The normalized spacial score (nSPS) is 10.7. The van der Waals surface area contributed by atoms with Gasteiger partial charge in [0.1, 0.15) is 5.76 Å². The van der Waals surface area contributed by atoms with Gasteiger partial charge < -0.3 is 4.42 Å². The van der Waals surface area contributed by atoms with Gasteiger partial charge in [-0.3, -0.25) is 0 Å². The number of aryl methyl sites for hydroxylation is 2. The van der Waals surface area contributed by atoms with Crippen LogP contribution in [0.25, 0.3) is 11.5 Å². The predicted octanol–water partition coefficient (Wildman–Crippen LogP) is 3.16. The first-order valence-corrected chi connectivity index (χ1v) is 4.67. The first-order chi connectivity index (χ1) is 6.16. The van der Waals surface area contributed by atoms with Crippen LogP contribution in [0.3, 0.4) is 0 Å². The third-order valence-electron chi connectivity index (χ3n) is 1.66. The highest BCUT2D eigenvalue weighted by atomic mass is 32.1. The largest absolute Gasteiger partial charge is 0.441 e. The topological polar surface area (TPSA) is 26.0 Å². The van der Waals surface area contributed by atoms with Gasteiger partial charge in [-0.05, 0) is 19.9 Å². The third kappa shape index (κ3) is 1.49. The highest BCUT2D eigenvalue weighted by Crippen LogP contribution is 2.28. The average Bonchev–Trinajstić information content (AvgIpc) is 2.58. The molecule has 2 rings (SSSR count). The molecule has 0 saturated carbocycles. The quantitative estimate of drug-likeness (QED) is 0.701. The zero-order valence-corrected chi connectivity index (χ0v) is 8.11. The molecule has 0 aromatic carbocycles. The van der Waals surface area contributed by atoms with Crippen molar-refractivity contribution in [2.45, 2.75) is 13.8 Å². The molecule has 13 heavy (non-hydrogen) atoms. The molecule has 0 radical (unpaired) electrons. The Morgan fingerprint density at radius 3 is 2.69 bits per heavy atom. The fourth-order valence-electron chi connectivity index (χ4n) is 1.11. The first kappa shape index (κ1) is 8.44. The van der Waals surface area contributed by atoms with Crippen molar-refractivity contribution in [3.63, 3.8) is 0 Å². The lowest BCUT2D eigenvalue weighted by Crippen LogP contribution is -1.74. The average molecular weight is 197 g/mol. The minimum atomic E-state index is -0.237. The lowest BCUT2D eigenvalue weighted by atomic mass is 10.3. The van der Waals surface area contributed by atoms with E-state index in [0.717, 1.165) is 16.2 Å². The number of halogens is 1. The van der Waals surface area contributed by atoms with Crippen LogP contribution in [0.5, 0.6) is 0 Å². The van der Waals surface area contributed by atoms with Crippen LogP contribution in [0.15, 0.2) is 16.7 Å². The number of rotatable bonds is 1. The van der Waals surface area contributed by atoms with Gasteiger partial charge in [-0.25, -0.2) is 4.98 Å². The van der Waals surface area contributed by atoms with Crippen LogP contribution in [0.2, 0.25) is 0 Å². The zero-order chi connectivity index (χ0) is 9.42. The number of hydrogen-bond donors (Lipinski definition) is 0. The van der Waals surface area contributed by atoms with Gasteiger partial charge in [0.2, 0.25) is 5.89 Å². The molecule has 0 aliphatic heterocycles. The Morgan fingerprint density at radius 1 is 1.46 bits per heavy atom. The van der Waals surface area contributed by atoms with Gasteiger partial charge in [-0.15, -0.1) is 11.3 Å². The van der Waals surface area contributed by atoms with E-state index in [1.807, 2.05) is 6.92 Å². The van der Waals surface area contributed by atoms with E-state index in [1.54, 1.807) is 19.2 Å². The maximum absolute atomic E-state index is 13.2. The molecule has 0 amide bonds. The monoisotopic (exact) mass is 197 g/mol. The summed E-state index contributed by atoms with van der Waals surface area (Å²) >= 11 is 1.11. The van der Waals surface area contributed by atoms with Crippen molar-refractivity contribution in [1.29, 1.82) is 0 Å². The molecular weight excluding hydrogens is 189 g/mol. The number of nitrogens with zero attached hydrogens (tertiary/aromatic N) is 1. The van der Waals surface area contributed by atoms with E-state index < -0.39 is 0 Å². The standard InChI is InChI=1S/C9H8FNOS/c1-5-4-11-9(12-5)7-3-6(2)13-8(7)10/h3-4H,1-2H3. The lowest BCUT2D eigenvalue weighted by molar-refractivity contribution is 0.537. The van der Waals surface area contributed by atoms with Gasteiger partial charge >= 0.3 is 0 Å². The Morgan fingerprint density at radius 2 is 2.23 bits per heavy atom. The molecule has 0 N–H and O–H groups in total. The Labute approximate surface area is 79.0 Å². The summed E-state index contributed by atoms with van der Waals surface area (Å²) in [6.07, 6.45) is 1.59. The maximum Gasteiger partial charge on any atom is 0.230 e.